The lowest BCUT2D eigenvalue weighted by atomic mass is 10.2. The van der Waals surface area contributed by atoms with Gasteiger partial charge in [0, 0.05) is 37.5 Å². The van der Waals surface area contributed by atoms with E-state index in [-0.39, 0.29) is 0 Å². The van der Waals surface area contributed by atoms with Crippen molar-refractivity contribution >= 4 is 27.4 Å². The number of imidazole rings is 1. The maximum Gasteiger partial charge on any atom is 0.152 e. The van der Waals surface area contributed by atoms with Crippen LogP contribution in [0.5, 0.6) is 0 Å². The van der Waals surface area contributed by atoms with E-state index in [1.807, 2.05) is 36.7 Å². The fourth-order valence-electron chi connectivity index (χ4n) is 2.30. The zero-order valence-electron chi connectivity index (χ0n) is 11.2. The minimum atomic E-state index is 0.769. The molecule has 0 aliphatic carbocycles. The maximum absolute atomic E-state index is 4.72. The van der Waals surface area contributed by atoms with Crippen molar-refractivity contribution in [2.24, 2.45) is 0 Å². The third-order valence-corrected chi connectivity index (χ3v) is 3.77. The van der Waals surface area contributed by atoms with E-state index < -0.39 is 0 Å². The summed E-state index contributed by atoms with van der Waals surface area (Å²) < 4.78 is 2.11. The lowest BCUT2D eigenvalue weighted by molar-refractivity contribution is 0.889. The van der Waals surface area contributed by atoms with E-state index in [1.165, 1.54) is 5.56 Å². The van der Waals surface area contributed by atoms with E-state index in [2.05, 4.69) is 43.3 Å². The molecule has 0 radical (unpaired) electrons. The first-order valence-electron chi connectivity index (χ1n) is 6.41. The number of rotatable bonds is 4. The van der Waals surface area contributed by atoms with Crippen LogP contribution in [0.15, 0.2) is 48.9 Å². The molecule has 0 saturated heterocycles. The van der Waals surface area contributed by atoms with Gasteiger partial charge in [0.1, 0.15) is 5.65 Å². The van der Waals surface area contributed by atoms with Gasteiger partial charge in [-0.3, -0.25) is 4.98 Å². The molecule has 0 fully saturated rings. The molecule has 0 spiro atoms. The van der Waals surface area contributed by atoms with Crippen LogP contribution >= 0.6 is 15.9 Å². The summed E-state index contributed by atoms with van der Waals surface area (Å²) in [5, 5.41) is 0.769. The van der Waals surface area contributed by atoms with Crippen molar-refractivity contribution in [1.29, 1.82) is 0 Å². The van der Waals surface area contributed by atoms with Crippen LogP contribution in [0.2, 0.25) is 0 Å². The molecule has 0 amide bonds. The van der Waals surface area contributed by atoms with Crippen LogP contribution in [0.3, 0.4) is 0 Å². The van der Waals surface area contributed by atoms with E-state index in [9.17, 15) is 0 Å². The van der Waals surface area contributed by atoms with Crippen molar-refractivity contribution in [2.75, 3.05) is 11.9 Å². The molecule has 0 aliphatic heterocycles. The number of halogens is 1. The van der Waals surface area contributed by atoms with Gasteiger partial charge in [-0.25, -0.2) is 4.98 Å². The number of alkyl halides is 1. The van der Waals surface area contributed by atoms with Crippen molar-refractivity contribution in [1.82, 2.24) is 14.4 Å². The summed E-state index contributed by atoms with van der Waals surface area (Å²) in [6.45, 7) is 0.789. The molecule has 4 nitrogen and oxygen atoms in total. The molecule has 0 bridgehead atoms. The Morgan fingerprint density at radius 1 is 1.25 bits per heavy atom. The molecule has 3 aromatic rings. The Labute approximate surface area is 126 Å². The van der Waals surface area contributed by atoms with E-state index in [1.54, 1.807) is 6.20 Å². The van der Waals surface area contributed by atoms with Gasteiger partial charge in [0.25, 0.3) is 0 Å². The maximum atomic E-state index is 4.72. The van der Waals surface area contributed by atoms with Gasteiger partial charge in [-0.2, -0.15) is 0 Å². The highest BCUT2D eigenvalue weighted by molar-refractivity contribution is 9.08. The first-order chi connectivity index (χ1) is 9.79. The molecule has 3 heterocycles. The average Bonchev–Trinajstić information content (AvgIpc) is 2.87. The van der Waals surface area contributed by atoms with Gasteiger partial charge in [0.2, 0.25) is 0 Å². The Morgan fingerprint density at radius 3 is 2.90 bits per heavy atom. The molecule has 102 valence electrons. The van der Waals surface area contributed by atoms with Crippen LogP contribution in [0, 0.1) is 0 Å². The summed E-state index contributed by atoms with van der Waals surface area (Å²) >= 11 is 3.56. The quantitative estimate of drug-likeness (QED) is 0.688. The van der Waals surface area contributed by atoms with Crippen molar-refractivity contribution in [2.45, 2.75) is 11.9 Å². The van der Waals surface area contributed by atoms with Crippen LogP contribution in [-0.4, -0.2) is 21.4 Å². The molecule has 5 heteroatoms. The highest BCUT2D eigenvalue weighted by atomic mass is 79.9. The minimum absolute atomic E-state index is 0.769. The van der Waals surface area contributed by atoms with Crippen molar-refractivity contribution < 1.29 is 0 Å². The topological polar surface area (TPSA) is 33.4 Å². The summed E-state index contributed by atoms with van der Waals surface area (Å²) in [5.74, 6) is 0.997. The third-order valence-electron chi connectivity index (χ3n) is 3.24. The molecule has 3 rings (SSSR count). The lowest BCUT2D eigenvalue weighted by Crippen LogP contribution is -2.18. The molecule has 20 heavy (non-hydrogen) atoms. The van der Waals surface area contributed by atoms with Crippen LogP contribution in [0.1, 0.15) is 11.3 Å². The van der Waals surface area contributed by atoms with Gasteiger partial charge in [-0.1, -0.05) is 28.1 Å². The number of fused-ring (bicyclic) bond motifs is 1. The Hall–Kier alpha value is -1.88. The van der Waals surface area contributed by atoms with Crippen LogP contribution in [-0.2, 0) is 11.9 Å². The van der Waals surface area contributed by atoms with Gasteiger partial charge in [0.05, 0.1) is 5.69 Å². The van der Waals surface area contributed by atoms with Crippen molar-refractivity contribution in [3.63, 3.8) is 0 Å². The average molecular weight is 331 g/mol. The Kier molecular flexibility index (Phi) is 3.69. The number of hydrogen-bond acceptors (Lipinski definition) is 3. The second-order valence-electron chi connectivity index (χ2n) is 4.66. The summed E-state index contributed by atoms with van der Waals surface area (Å²) in [6, 6.07) is 10.1. The predicted octanol–water partition coefficient (Wildman–Crippen LogP) is 3.26. The molecule has 0 N–H and O–H groups in total. The SMILES string of the molecule is CN(Cc1cccnc1)c1nc2ccccn2c1CBr. The highest BCUT2D eigenvalue weighted by Gasteiger charge is 2.14. The second kappa shape index (κ2) is 5.63. The summed E-state index contributed by atoms with van der Waals surface area (Å²) in [7, 11) is 2.06. The van der Waals surface area contributed by atoms with E-state index >= 15 is 0 Å². The van der Waals surface area contributed by atoms with Gasteiger partial charge in [-0.05, 0) is 23.8 Å². The predicted molar refractivity (Wildman–Crippen MR) is 84.2 cm³/mol. The number of pyridine rings is 2. The summed E-state index contributed by atoms with van der Waals surface area (Å²) in [6.07, 6.45) is 5.72. The molecule has 0 aliphatic rings. The molecule has 0 atom stereocenters. The monoisotopic (exact) mass is 330 g/mol. The van der Waals surface area contributed by atoms with Gasteiger partial charge >= 0.3 is 0 Å². The van der Waals surface area contributed by atoms with Gasteiger partial charge in [0.15, 0.2) is 5.82 Å². The number of anilines is 1. The number of aromatic nitrogens is 3. The smallest absolute Gasteiger partial charge is 0.152 e. The molecule has 3 aromatic heterocycles. The zero-order chi connectivity index (χ0) is 13.9. The van der Waals surface area contributed by atoms with Crippen LogP contribution in [0.4, 0.5) is 5.82 Å². The summed E-state index contributed by atoms with van der Waals surface area (Å²) in [4.78, 5) is 11.0. The van der Waals surface area contributed by atoms with Gasteiger partial charge in [-0.15, -0.1) is 0 Å². The summed E-state index contributed by atoms with van der Waals surface area (Å²) in [5.41, 5.74) is 3.30. The fraction of sp³-hybridized carbons (Fsp3) is 0.200. The first kappa shape index (κ1) is 13.1. The molecular formula is C15H15BrN4. The molecule has 0 unspecified atom stereocenters. The lowest BCUT2D eigenvalue weighted by Gasteiger charge is -2.17. The number of hydrogen-bond donors (Lipinski definition) is 0. The van der Waals surface area contributed by atoms with E-state index in [0.717, 1.165) is 29.0 Å². The molecule has 0 saturated carbocycles. The Bertz CT molecular complexity index is 708. The van der Waals surface area contributed by atoms with E-state index in [4.69, 9.17) is 4.98 Å². The largest absolute Gasteiger partial charge is 0.354 e. The Morgan fingerprint density at radius 2 is 2.15 bits per heavy atom. The molecular weight excluding hydrogens is 316 g/mol. The standard InChI is InChI=1S/C15H15BrN4/c1-19(11-12-5-4-7-17-10-12)15-13(9-16)20-8-3-2-6-14(20)18-15/h2-8,10H,9,11H2,1H3. The first-order valence-corrected chi connectivity index (χ1v) is 7.53. The zero-order valence-corrected chi connectivity index (χ0v) is 12.8. The van der Waals surface area contributed by atoms with Crippen molar-refractivity contribution in [3.05, 3.63) is 60.2 Å². The minimum Gasteiger partial charge on any atom is -0.354 e. The second-order valence-corrected chi connectivity index (χ2v) is 5.22. The van der Waals surface area contributed by atoms with Crippen molar-refractivity contribution in [3.8, 4) is 0 Å². The van der Waals surface area contributed by atoms with E-state index in [0.29, 0.717) is 0 Å². The van der Waals surface area contributed by atoms with Crippen LogP contribution < -0.4 is 4.90 Å². The normalized spacial score (nSPS) is 10.9. The van der Waals surface area contributed by atoms with Gasteiger partial charge < -0.3 is 9.30 Å². The Balaban J connectivity index is 1.97. The molecule has 0 aromatic carbocycles. The number of nitrogens with zero attached hydrogens (tertiary/aromatic N) is 4. The highest BCUT2D eigenvalue weighted by Crippen LogP contribution is 2.24. The van der Waals surface area contributed by atoms with Crippen LogP contribution in [0.25, 0.3) is 5.65 Å². The fourth-order valence-corrected chi connectivity index (χ4v) is 2.83. The third kappa shape index (κ3) is 2.41.